The SMILES string of the molecule is COC(=O)C1=C(C)NC(C)(c2ccccc2)C(C(=O)OC)C1Nc1nccs1.NS(=O)(=O)c1ccc2cc1-2. The Labute approximate surface area is 224 Å². The lowest BCUT2D eigenvalue weighted by Gasteiger charge is -2.46. The van der Waals surface area contributed by atoms with Gasteiger partial charge in [-0.05, 0) is 37.1 Å². The molecule has 0 saturated carbocycles. The molecular formula is C26H28N4O6S2. The number of primary sulfonamides is 1. The molecule has 4 N–H and O–H groups in total. The molecule has 200 valence electrons. The highest BCUT2D eigenvalue weighted by Gasteiger charge is 2.52. The second-order valence-electron chi connectivity index (χ2n) is 8.94. The molecule has 0 spiro atoms. The largest absolute Gasteiger partial charge is 0.469 e. The number of allylic oxidation sites excluding steroid dienone is 1. The third-order valence-corrected chi connectivity index (χ3v) is 8.25. The lowest BCUT2D eigenvalue weighted by Crippen LogP contribution is -2.60. The summed E-state index contributed by atoms with van der Waals surface area (Å²) in [5.74, 6) is -1.70. The maximum absolute atomic E-state index is 13.0. The predicted octanol–water partition coefficient (Wildman–Crippen LogP) is 2.99. The lowest BCUT2D eigenvalue weighted by atomic mass is 9.70. The van der Waals surface area contributed by atoms with E-state index in [1.807, 2.05) is 42.6 Å². The molecule has 1 aliphatic heterocycles. The number of sulfonamides is 1. The van der Waals surface area contributed by atoms with E-state index in [2.05, 4.69) is 15.6 Å². The molecule has 2 aromatic rings. The van der Waals surface area contributed by atoms with Gasteiger partial charge in [-0.2, -0.15) is 0 Å². The van der Waals surface area contributed by atoms with Crippen LogP contribution in [0.5, 0.6) is 0 Å². The molecular weight excluding hydrogens is 528 g/mol. The van der Waals surface area contributed by atoms with Crippen molar-refractivity contribution >= 4 is 38.4 Å². The molecule has 5 rings (SSSR count). The van der Waals surface area contributed by atoms with E-state index in [1.165, 1.54) is 31.6 Å². The quantitative estimate of drug-likeness (QED) is 0.305. The third kappa shape index (κ3) is 5.28. The van der Waals surface area contributed by atoms with Crippen LogP contribution in [-0.4, -0.2) is 45.6 Å². The van der Waals surface area contributed by atoms with Crippen LogP contribution in [-0.2, 0) is 34.6 Å². The van der Waals surface area contributed by atoms with Crippen molar-refractivity contribution in [1.29, 1.82) is 0 Å². The molecule has 2 aliphatic carbocycles. The number of hydrogen-bond acceptors (Lipinski definition) is 10. The van der Waals surface area contributed by atoms with Crippen molar-refractivity contribution < 1.29 is 27.5 Å². The van der Waals surface area contributed by atoms with Gasteiger partial charge in [0.15, 0.2) is 5.13 Å². The third-order valence-electron chi connectivity index (χ3n) is 6.58. The highest BCUT2D eigenvalue weighted by atomic mass is 32.2. The van der Waals surface area contributed by atoms with Crippen LogP contribution in [0.2, 0.25) is 0 Å². The average molecular weight is 557 g/mol. The maximum Gasteiger partial charge on any atom is 0.337 e. The van der Waals surface area contributed by atoms with E-state index in [-0.39, 0.29) is 4.90 Å². The molecule has 1 aromatic heterocycles. The van der Waals surface area contributed by atoms with Gasteiger partial charge in [0, 0.05) is 22.8 Å². The topological polar surface area (TPSA) is 150 Å². The number of thiazole rings is 1. The zero-order valence-electron chi connectivity index (χ0n) is 21.2. The zero-order chi connectivity index (χ0) is 27.7. The molecule has 12 heteroatoms. The maximum atomic E-state index is 13.0. The second kappa shape index (κ2) is 10.6. The number of aromatic nitrogens is 1. The summed E-state index contributed by atoms with van der Waals surface area (Å²) in [6.45, 7) is 3.73. The number of rotatable bonds is 6. The summed E-state index contributed by atoms with van der Waals surface area (Å²) >= 11 is 1.39. The number of fused-ring (bicyclic) bond motifs is 1. The zero-order valence-corrected chi connectivity index (χ0v) is 22.9. The number of benzene rings is 2. The van der Waals surface area contributed by atoms with E-state index >= 15 is 0 Å². The number of nitrogens with two attached hydrogens (primary N) is 1. The molecule has 0 bridgehead atoms. The normalized spacial score (nSPS) is 21.4. The molecule has 0 saturated heterocycles. The van der Waals surface area contributed by atoms with E-state index in [4.69, 9.17) is 14.6 Å². The van der Waals surface area contributed by atoms with Gasteiger partial charge in [-0.15, -0.1) is 11.3 Å². The van der Waals surface area contributed by atoms with E-state index in [0.717, 1.165) is 16.7 Å². The number of hydrogen-bond donors (Lipinski definition) is 3. The Bertz CT molecular complexity index is 1490. The van der Waals surface area contributed by atoms with Crippen LogP contribution in [0, 0.1) is 5.92 Å². The van der Waals surface area contributed by atoms with Crippen molar-refractivity contribution in [3.8, 4) is 11.1 Å². The summed E-state index contributed by atoms with van der Waals surface area (Å²) < 4.78 is 31.6. The summed E-state index contributed by atoms with van der Waals surface area (Å²) in [7, 11) is -0.804. The van der Waals surface area contributed by atoms with Crippen molar-refractivity contribution in [1.82, 2.24) is 10.3 Å². The second-order valence-corrected chi connectivity index (χ2v) is 11.4. The highest BCUT2D eigenvalue weighted by molar-refractivity contribution is 7.89. The van der Waals surface area contributed by atoms with Gasteiger partial charge in [0.05, 0.1) is 36.3 Å². The summed E-state index contributed by atoms with van der Waals surface area (Å²) in [5, 5.41) is 13.9. The summed E-state index contributed by atoms with van der Waals surface area (Å²) in [6, 6.07) is 14.0. The number of anilines is 1. The first-order chi connectivity index (χ1) is 18.0. The van der Waals surface area contributed by atoms with Crippen LogP contribution in [0.4, 0.5) is 5.13 Å². The molecule has 38 heavy (non-hydrogen) atoms. The Morgan fingerprint density at radius 3 is 2.32 bits per heavy atom. The van der Waals surface area contributed by atoms with Crippen LogP contribution in [0.15, 0.2) is 76.3 Å². The van der Waals surface area contributed by atoms with Gasteiger partial charge in [0.2, 0.25) is 10.0 Å². The first-order valence-electron chi connectivity index (χ1n) is 11.5. The minimum atomic E-state index is -3.47. The van der Waals surface area contributed by atoms with E-state index in [9.17, 15) is 18.0 Å². The fourth-order valence-electron chi connectivity index (χ4n) is 4.75. The van der Waals surface area contributed by atoms with Crippen molar-refractivity contribution in [2.45, 2.75) is 30.3 Å². The van der Waals surface area contributed by atoms with Crippen LogP contribution >= 0.6 is 11.3 Å². The fraction of sp³-hybridized carbons (Fsp3) is 0.269. The minimum Gasteiger partial charge on any atom is -0.469 e. The Morgan fingerprint density at radius 2 is 1.84 bits per heavy atom. The van der Waals surface area contributed by atoms with Crippen LogP contribution in [0.1, 0.15) is 19.4 Å². The molecule has 3 atom stereocenters. The summed E-state index contributed by atoms with van der Waals surface area (Å²) in [4.78, 5) is 30.1. The Morgan fingerprint density at radius 1 is 1.13 bits per heavy atom. The van der Waals surface area contributed by atoms with Gasteiger partial charge in [-0.25, -0.2) is 23.3 Å². The van der Waals surface area contributed by atoms with Crippen molar-refractivity contribution in [2.75, 3.05) is 19.5 Å². The molecule has 0 radical (unpaired) electrons. The minimum absolute atomic E-state index is 0.252. The number of nitrogens with one attached hydrogen (secondary N) is 2. The van der Waals surface area contributed by atoms with Crippen molar-refractivity contribution in [2.24, 2.45) is 11.1 Å². The number of esters is 2. The predicted molar refractivity (Wildman–Crippen MR) is 143 cm³/mol. The van der Waals surface area contributed by atoms with Gasteiger partial charge in [0.25, 0.3) is 0 Å². The van der Waals surface area contributed by atoms with Gasteiger partial charge in [0.1, 0.15) is 5.92 Å². The average Bonchev–Trinajstić information content (AvgIpc) is 3.25. The molecule has 0 amide bonds. The van der Waals surface area contributed by atoms with E-state index in [0.29, 0.717) is 16.4 Å². The standard InChI is InChI=1S/C20H23N3O4S.C6H5NO2S/c1-12-14(17(24)26-3)16(22-19-21-10-11-28-19)15(18(25)27-4)20(2,23-12)13-8-6-5-7-9-13;7-10(8,9)6-2-1-4-3-5(4)6/h5-11,15-16,23H,1-4H3,(H,21,22);1-3H,(H2,7,8,9). The van der Waals surface area contributed by atoms with Crippen LogP contribution in [0.25, 0.3) is 11.1 Å². The number of methoxy groups -OCH3 is 2. The molecule has 3 aliphatic rings. The first kappa shape index (κ1) is 27.3. The summed E-state index contributed by atoms with van der Waals surface area (Å²) in [5.41, 5.74) is 2.84. The van der Waals surface area contributed by atoms with Crippen LogP contribution < -0.4 is 15.8 Å². The van der Waals surface area contributed by atoms with E-state index in [1.54, 1.807) is 25.3 Å². The monoisotopic (exact) mass is 556 g/mol. The van der Waals surface area contributed by atoms with Crippen molar-refractivity contribution in [3.05, 3.63) is 76.9 Å². The number of ether oxygens (including phenoxy) is 2. The van der Waals surface area contributed by atoms with E-state index < -0.39 is 39.5 Å². The Hall–Kier alpha value is -3.74. The van der Waals surface area contributed by atoms with Gasteiger partial charge >= 0.3 is 11.9 Å². The van der Waals surface area contributed by atoms with Crippen molar-refractivity contribution in [3.63, 3.8) is 0 Å². The number of nitrogens with zero attached hydrogens (tertiary/aromatic N) is 1. The fourth-order valence-corrected chi connectivity index (χ4v) is 6.06. The molecule has 1 aromatic carbocycles. The molecule has 2 heterocycles. The smallest absolute Gasteiger partial charge is 0.337 e. The number of carbonyl (C=O) groups is 2. The highest BCUT2D eigenvalue weighted by Crippen LogP contribution is 2.42. The van der Waals surface area contributed by atoms with Gasteiger partial charge < -0.3 is 20.1 Å². The van der Waals surface area contributed by atoms with Crippen LogP contribution in [0.3, 0.4) is 0 Å². The Kier molecular flexibility index (Phi) is 7.58. The molecule has 10 nitrogen and oxygen atoms in total. The summed E-state index contributed by atoms with van der Waals surface area (Å²) in [6.07, 6.45) is 1.66. The Balaban J connectivity index is 0.000000278. The lowest BCUT2D eigenvalue weighted by molar-refractivity contribution is -0.149. The van der Waals surface area contributed by atoms with Gasteiger partial charge in [-0.3, -0.25) is 4.79 Å². The first-order valence-corrected chi connectivity index (χ1v) is 14.0. The molecule has 0 fully saturated rings. The number of carbonyl (C=O) groups excluding carboxylic acids is 2. The molecule has 3 unspecified atom stereocenters. The van der Waals surface area contributed by atoms with Gasteiger partial charge in [-0.1, -0.05) is 36.4 Å².